The fraction of sp³-hybridized carbons (Fsp3) is 0.125. The first-order chi connectivity index (χ1) is 8.40. The highest BCUT2D eigenvalue weighted by molar-refractivity contribution is 5.81. The zero-order valence-electron chi connectivity index (χ0n) is 9.74. The lowest BCUT2D eigenvalue weighted by Crippen LogP contribution is -2.00. The van der Waals surface area contributed by atoms with Crippen LogP contribution in [0.15, 0.2) is 55.1 Å². The molecule has 0 saturated carbocycles. The zero-order valence-corrected chi connectivity index (χ0v) is 9.74. The third-order valence-electron chi connectivity index (χ3n) is 3.29. The molecule has 1 aliphatic carbocycles. The molecule has 0 aromatic heterocycles. The standard InChI is InChI=1S/C16H15N/c1-2-10-17-16-9-5-8-14-13-7-4-3-6-12(13)11-15(14)16/h2-9,17H,1,10-11H2. The minimum absolute atomic E-state index is 0.812. The van der Waals surface area contributed by atoms with Crippen LogP contribution in [0.5, 0.6) is 0 Å². The number of hydrogen-bond donors (Lipinski definition) is 1. The molecule has 0 saturated heterocycles. The Kier molecular flexibility index (Phi) is 2.45. The summed E-state index contributed by atoms with van der Waals surface area (Å²) in [4.78, 5) is 0. The van der Waals surface area contributed by atoms with Crippen LogP contribution in [0.1, 0.15) is 11.1 Å². The average Bonchev–Trinajstić information content (AvgIpc) is 2.75. The summed E-state index contributed by atoms with van der Waals surface area (Å²) in [5.41, 5.74) is 6.82. The Hall–Kier alpha value is -2.02. The van der Waals surface area contributed by atoms with Crippen molar-refractivity contribution in [3.05, 3.63) is 66.2 Å². The van der Waals surface area contributed by atoms with Gasteiger partial charge in [-0.05, 0) is 28.3 Å². The second-order valence-electron chi connectivity index (χ2n) is 4.34. The van der Waals surface area contributed by atoms with E-state index >= 15 is 0 Å². The molecule has 84 valence electrons. The Morgan fingerprint density at radius 1 is 1.06 bits per heavy atom. The largest absolute Gasteiger partial charge is 0.381 e. The molecule has 17 heavy (non-hydrogen) atoms. The third-order valence-corrected chi connectivity index (χ3v) is 3.29. The van der Waals surface area contributed by atoms with Crippen LogP contribution in [0.25, 0.3) is 11.1 Å². The number of anilines is 1. The second-order valence-corrected chi connectivity index (χ2v) is 4.34. The van der Waals surface area contributed by atoms with Gasteiger partial charge < -0.3 is 5.32 Å². The van der Waals surface area contributed by atoms with E-state index in [1.807, 2.05) is 6.08 Å². The topological polar surface area (TPSA) is 12.0 Å². The molecule has 1 heteroatoms. The Morgan fingerprint density at radius 2 is 1.88 bits per heavy atom. The summed E-state index contributed by atoms with van der Waals surface area (Å²) in [6, 6.07) is 15.1. The molecule has 0 aliphatic heterocycles. The van der Waals surface area contributed by atoms with E-state index in [0.29, 0.717) is 0 Å². The van der Waals surface area contributed by atoms with Gasteiger partial charge in [0.2, 0.25) is 0 Å². The molecular formula is C16H15N. The fourth-order valence-electron chi connectivity index (χ4n) is 2.51. The number of nitrogens with one attached hydrogen (secondary N) is 1. The molecule has 0 radical (unpaired) electrons. The Balaban J connectivity index is 2.07. The predicted octanol–water partition coefficient (Wildman–Crippen LogP) is 3.86. The summed E-state index contributed by atoms with van der Waals surface area (Å²) in [6.07, 6.45) is 2.92. The first-order valence-electron chi connectivity index (χ1n) is 5.95. The summed E-state index contributed by atoms with van der Waals surface area (Å²) < 4.78 is 0. The van der Waals surface area contributed by atoms with Crippen molar-refractivity contribution in [1.82, 2.24) is 0 Å². The molecular weight excluding hydrogens is 206 g/mol. The molecule has 2 aromatic rings. The van der Waals surface area contributed by atoms with E-state index in [1.54, 1.807) is 0 Å². The van der Waals surface area contributed by atoms with E-state index in [9.17, 15) is 0 Å². The van der Waals surface area contributed by atoms with Gasteiger partial charge in [-0.15, -0.1) is 6.58 Å². The molecule has 0 spiro atoms. The van der Waals surface area contributed by atoms with Gasteiger partial charge in [-0.2, -0.15) is 0 Å². The highest BCUT2D eigenvalue weighted by Crippen LogP contribution is 2.39. The molecule has 0 unspecified atom stereocenters. The SMILES string of the molecule is C=CCNc1cccc2c1Cc1ccccc1-2. The molecule has 0 amide bonds. The molecule has 1 N–H and O–H groups in total. The van der Waals surface area contributed by atoms with E-state index in [-0.39, 0.29) is 0 Å². The Bertz CT molecular complexity index is 569. The van der Waals surface area contributed by atoms with Crippen molar-refractivity contribution in [2.45, 2.75) is 6.42 Å². The van der Waals surface area contributed by atoms with Gasteiger partial charge in [-0.1, -0.05) is 42.5 Å². The summed E-state index contributed by atoms with van der Waals surface area (Å²) in [5, 5.41) is 3.41. The average molecular weight is 221 g/mol. The van der Waals surface area contributed by atoms with Crippen molar-refractivity contribution in [3.8, 4) is 11.1 Å². The minimum Gasteiger partial charge on any atom is -0.381 e. The van der Waals surface area contributed by atoms with E-state index < -0.39 is 0 Å². The van der Waals surface area contributed by atoms with Gasteiger partial charge in [0.05, 0.1) is 0 Å². The van der Waals surface area contributed by atoms with Gasteiger partial charge in [-0.3, -0.25) is 0 Å². The zero-order chi connectivity index (χ0) is 11.7. The van der Waals surface area contributed by atoms with Gasteiger partial charge in [-0.25, -0.2) is 0 Å². The quantitative estimate of drug-likeness (QED) is 0.662. The fourth-order valence-corrected chi connectivity index (χ4v) is 2.51. The van der Waals surface area contributed by atoms with E-state index in [1.165, 1.54) is 27.9 Å². The molecule has 0 heterocycles. The predicted molar refractivity (Wildman–Crippen MR) is 73.4 cm³/mol. The molecule has 0 atom stereocenters. The lowest BCUT2D eigenvalue weighted by Gasteiger charge is -2.09. The van der Waals surface area contributed by atoms with Gasteiger partial charge in [0.25, 0.3) is 0 Å². The van der Waals surface area contributed by atoms with E-state index in [4.69, 9.17) is 0 Å². The van der Waals surface area contributed by atoms with Gasteiger partial charge in [0, 0.05) is 18.7 Å². The van der Waals surface area contributed by atoms with Crippen molar-refractivity contribution >= 4 is 5.69 Å². The van der Waals surface area contributed by atoms with Crippen LogP contribution in [0.3, 0.4) is 0 Å². The van der Waals surface area contributed by atoms with Crippen molar-refractivity contribution in [2.24, 2.45) is 0 Å². The maximum Gasteiger partial charge on any atom is 0.0384 e. The summed E-state index contributed by atoms with van der Waals surface area (Å²) in [7, 11) is 0. The van der Waals surface area contributed by atoms with Crippen molar-refractivity contribution in [2.75, 3.05) is 11.9 Å². The summed E-state index contributed by atoms with van der Waals surface area (Å²) in [5.74, 6) is 0. The van der Waals surface area contributed by atoms with Gasteiger partial charge >= 0.3 is 0 Å². The van der Waals surface area contributed by atoms with Crippen LogP contribution in [0, 0.1) is 0 Å². The number of benzene rings is 2. The molecule has 3 rings (SSSR count). The Labute approximate surface area is 102 Å². The van der Waals surface area contributed by atoms with Crippen LogP contribution in [-0.4, -0.2) is 6.54 Å². The van der Waals surface area contributed by atoms with Crippen molar-refractivity contribution in [1.29, 1.82) is 0 Å². The number of hydrogen-bond acceptors (Lipinski definition) is 1. The highest BCUT2D eigenvalue weighted by Gasteiger charge is 2.19. The molecule has 0 bridgehead atoms. The highest BCUT2D eigenvalue weighted by atomic mass is 14.9. The normalized spacial score (nSPS) is 11.8. The molecule has 1 aliphatic rings. The number of rotatable bonds is 3. The van der Waals surface area contributed by atoms with E-state index in [2.05, 4.69) is 54.4 Å². The van der Waals surface area contributed by atoms with Gasteiger partial charge in [0.1, 0.15) is 0 Å². The second kappa shape index (κ2) is 4.10. The number of fused-ring (bicyclic) bond motifs is 3. The van der Waals surface area contributed by atoms with Crippen molar-refractivity contribution < 1.29 is 0 Å². The first-order valence-corrected chi connectivity index (χ1v) is 5.95. The van der Waals surface area contributed by atoms with Crippen LogP contribution in [0.2, 0.25) is 0 Å². The Morgan fingerprint density at radius 3 is 2.76 bits per heavy atom. The molecule has 2 aromatic carbocycles. The summed E-state index contributed by atoms with van der Waals surface area (Å²) >= 11 is 0. The molecule has 1 nitrogen and oxygen atoms in total. The smallest absolute Gasteiger partial charge is 0.0384 e. The van der Waals surface area contributed by atoms with Crippen LogP contribution in [0.4, 0.5) is 5.69 Å². The maximum absolute atomic E-state index is 3.75. The third kappa shape index (κ3) is 1.64. The minimum atomic E-state index is 0.812. The maximum atomic E-state index is 3.75. The van der Waals surface area contributed by atoms with Crippen LogP contribution < -0.4 is 5.32 Å². The van der Waals surface area contributed by atoms with Crippen LogP contribution in [-0.2, 0) is 6.42 Å². The van der Waals surface area contributed by atoms with E-state index in [0.717, 1.165) is 13.0 Å². The summed E-state index contributed by atoms with van der Waals surface area (Å²) in [6.45, 7) is 4.56. The van der Waals surface area contributed by atoms with Crippen molar-refractivity contribution in [3.63, 3.8) is 0 Å². The van der Waals surface area contributed by atoms with Crippen LogP contribution >= 0.6 is 0 Å². The lowest BCUT2D eigenvalue weighted by molar-refractivity contribution is 1.23. The lowest BCUT2D eigenvalue weighted by atomic mass is 10.1. The first kappa shape index (κ1) is 10.2. The monoisotopic (exact) mass is 221 g/mol. The van der Waals surface area contributed by atoms with Gasteiger partial charge in [0.15, 0.2) is 0 Å². The molecule has 0 fully saturated rings.